The lowest BCUT2D eigenvalue weighted by molar-refractivity contribution is -0.122. The number of amides is 1. The fraction of sp³-hybridized carbons (Fsp3) is 0.562. The van der Waals surface area contributed by atoms with Crippen molar-refractivity contribution in [2.75, 3.05) is 25.2 Å². The van der Waals surface area contributed by atoms with Crippen LogP contribution in [0.5, 0.6) is 5.75 Å². The Hall–Kier alpha value is -0.910. The average Bonchev–Trinajstić information content (AvgIpc) is 2.53. The van der Waals surface area contributed by atoms with Crippen molar-refractivity contribution in [3.8, 4) is 5.75 Å². The van der Waals surface area contributed by atoms with E-state index in [0.29, 0.717) is 12.5 Å². The molecule has 0 saturated carbocycles. The zero-order chi connectivity index (χ0) is 15.1. The van der Waals surface area contributed by atoms with Gasteiger partial charge >= 0.3 is 0 Å². The highest BCUT2D eigenvalue weighted by Crippen LogP contribution is 2.20. The van der Waals surface area contributed by atoms with Crippen molar-refractivity contribution < 1.29 is 9.53 Å². The Morgan fingerprint density at radius 3 is 2.73 bits per heavy atom. The van der Waals surface area contributed by atoms with Crippen molar-refractivity contribution in [3.05, 3.63) is 29.8 Å². The first-order valence-corrected chi connectivity index (χ1v) is 8.62. The summed E-state index contributed by atoms with van der Waals surface area (Å²) >= 11 is 1.91. The van der Waals surface area contributed by atoms with Gasteiger partial charge in [-0.25, -0.2) is 0 Å². The van der Waals surface area contributed by atoms with Gasteiger partial charge in [-0.15, -0.1) is 12.4 Å². The Labute approximate surface area is 143 Å². The second-order valence-corrected chi connectivity index (χ2v) is 6.38. The lowest BCUT2D eigenvalue weighted by Crippen LogP contribution is -2.41. The number of hydrogen-bond donors (Lipinski definition) is 2. The molecule has 6 heteroatoms. The van der Waals surface area contributed by atoms with Crippen molar-refractivity contribution in [1.82, 2.24) is 10.6 Å². The number of carbonyl (C=O) groups excluding carboxylic acids is 1. The topological polar surface area (TPSA) is 50.4 Å². The van der Waals surface area contributed by atoms with Crippen LogP contribution in [0, 0.1) is 0 Å². The molecule has 1 fully saturated rings. The summed E-state index contributed by atoms with van der Waals surface area (Å²) in [6.07, 6.45) is 1.44. The number of nitrogens with one attached hydrogen (secondary N) is 2. The maximum atomic E-state index is 12.2. The highest BCUT2D eigenvalue weighted by atomic mass is 35.5. The molecule has 0 aliphatic carbocycles. The Kier molecular flexibility index (Phi) is 8.68. The molecule has 1 aliphatic heterocycles. The van der Waals surface area contributed by atoms with Crippen LogP contribution in [0.3, 0.4) is 0 Å². The molecule has 2 unspecified atom stereocenters. The van der Waals surface area contributed by atoms with Crippen molar-refractivity contribution in [2.24, 2.45) is 0 Å². The molecule has 0 radical (unpaired) electrons. The van der Waals surface area contributed by atoms with Crippen LogP contribution in [0.25, 0.3) is 0 Å². The van der Waals surface area contributed by atoms with Crippen molar-refractivity contribution >= 4 is 30.1 Å². The largest absolute Gasteiger partial charge is 0.497 e. The van der Waals surface area contributed by atoms with E-state index in [4.69, 9.17) is 4.74 Å². The van der Waals surface area contributed by atoms with Crippen LogP contribution < -0.4 is 15.4 Å². The monoisotopic (exact) mass is 344 g/mol. The summed E-state index contributed by atoms with van der Waals surface area (Å²) in [5.41, 5.74) is 1.12. The third-order valence-corrected chi connectivity index (χ3v) is 4.82. The fourth-order valence-electron chi connectivity index (χ4n) is 2.49. The number of hydrogen-bond acceptors (Lipinski definition) is 4. The van der Waals surface area contributed by atoms with Crippen molar-refractivity contribution in [2.45, 2.75) is 31.8 Å². The van der Waals surface area contributed by atoms with E-state index >= 15 is 0 Å². The standard InChI is InChI=1S/C16H24N2O2S.ClH/c1-3-15(12-4-6-14(20-2)7-5-12)18-16(19)10-13-11-21-9-8-17-13;/h4-7,13,15,17H,3,8-11H2,1-2H3,(H,18,19);1H. The summed E-state index contributed by atoms with van der Waals surface area (Å²) in [5.74, 6) is 3.12. The number of thioether (sulfide) groups is 1. The van der Waals surface area contributed by atoms with Crippen LogP contribution in [0.15, 0.2) is 24.3 Å². The molecular formula is C16H25ClN2O2S. The molecule has 1 aromatic rings. The summed E-state index contributed by atoms with van der Waals surface area (Å²) in [6, 6.07) is 8.27. The van der Waals surface area contributed by atoms with E-state index in [-0.39, 0.29) is 24.4 Å². The van der Waals surface area contributed by atoms with Gasteiger partial charge in [0.1, 0.15) is 5.75 Å². The minimum absolute atomic E-state index is 0. The Morgan fingerprint density at radius 1 is 1.45 bits per heavy atom. The first-order valence-electron chi connectivity index (χ1n) is 7.47. The highest BCUT2D eigenvalue weighted by Gasteiger charge is 2.19. The summed E-state index contributed by atoms with van der Waals surface area (Å²) in [6.45, 7) is 3.09. The molecular weight excluding hydrogens is 320 g/mol. The fourth-order valence-corrected chi connectivity index (χ4v) is 3.43. The average molecular weight is 345 g/mol. The lowest BCUT2D eigenvalue weighted by Gasteiger charge is -2.24. The normalized spacial score (nSPS) is 18.9. The maximum absolute atomic E-state index is 12.2. The molecule has 1 heterocycles. The van der Waals surface area contributed by atoms with Crippen molar-refractivity contribution in [1.29, 1.82) is 0 Å². The third kappa shape index (κ3) is 5.71. The van der Waals surface area contributed by atoms with Crippen LogP contribution in [-0.4, -0.2) is 37.1 Å². The molecule has 124 valence electrons. The molecule has 1 aliphatic rings. The lowest BCUT2D eigenvalue weighted by atomic mass is 10.0. The van der Waals surface area contributed by atoms with Crippen LogP contribution in [0.1, 0.15) is 31.4 Å². The van der Waals surface area contributed by atoms with Gasteiger partial charge in [-0.1, -0.05) is 19.1 Å². The van der Waals surface area contributed by atoms with E-state index in [0.717, 1.165) is 35.8 Å². The molecule has 0 bridgehead atoms. The summed E-state index contributed by atoms with van der Waals surface area (Å²) in [4.78, 5) is 12.2. The van der Waals surface area contributed by atoms with Crippen LogP contribution >= 0.6 is 24.2 Å². The van der Waals surface area contributed by atoms with Gasteiger partial charge in [0.15, 0.2) is 0 Å². The second kappa shape index (κ2) is 9.98. The Morgan fingerprint density at radius 2 is 2.18 bits per heavy atom. The van der Waals surface area contributed by atoms with Crippen LogP contribution in [0.4, 0.5) is 0 Å². The first kappa shape index (κ1) is 19.1. The van der Waals surface area contributed by atoms with E-state index in [1.54, 1.807) is 7.11 Å². The van der Waals surface area contributed by atoms with Gasteiger partial charge in [0, 0.05) is 30.5 Å². The van der Waals surface area contributed by atoms with Crippen molar-refractivity contribution in [3.63, 3.8) is 0 Å². The molecule has 2 atom stereocenters. The van der Waals surface area contributed by atoms with Gasteiger partial charge < -0.3 is 15.4 Å². The molecule has 2 rings (SSSR count). The van der Waals surface area contributed by atoms with Gasteiger partial charge in [-0.05, 0) is 24.1 Å². The van der Waals surface area contributed by atoms with E-state index < -0.39 is 0 Å². The molecule has 0 spiro atoms. The predicted octanol–water partition coefficient (Wildman–Crippen LogP) is 2.78. The van der Waals surface area contributed by atoms with Gasteiger partial charge in [0.05, 0.1) is 13.2 Å². The highest BCUT2D eigenvalue weighted by molar-refractivity contribution is 7.99. The van der Waals surface area contributed by atoms with Gasteiger partial charge in [0.25, 0.3) is 0 Å². The van der Waals surface area contributed by atoms with E-state index in [1.807, 2.05) is 36.0 Å². The predicted molar refractivity (Wildman–Crippen MR) is 95.1 cm³/mol. The van der Waals surface area contributed by atoms with E-state index in [2.05, 4.69) is 17.6 Å². The van der Waals surface area contributed by atoms with E-state index in [9.17, 15) is 4.79 Å². The number of rotatable bonds is 6. The molecule has 1 aromatic carbocycles. The van der Waals surface area contributed by atoms with Gasteiger partial charge in [-0.2, -0.15) is 11.8 Å². The minimum atomic E-state index is 0. The quantitative estimate of drug-likeness (QED) is 0.833. The van der Waals surface area contributed by atoms with Gasteiger partial charge in [-0.3, -0.25) is 4.79 Å². The molecule has 22 heavy (non-hydrogen) atoms. The zero-order valence-corrected chi connectivity index (χ0v) is 14.8. The number of ether oxygens (including phenoxy) is 1. The Balaban J connectivity index is 0.00000242. The molecule has 4 nitrogen and oxygen atoms in total. The van der Waals surface area contributed by atoms with E-state index in [1.165, 1.54) is 0 Å². The molecule has 1 saturated heterocycles. The third-order valence-electron chi connectivity index (χ3n) is 3.69. The molecule has 0 aromatic heterocycles. The molecule has 1 amide bonds. The first-order chi connectivity index (χ1) is 10.2. The van der Waals surface area contributed by atoms with Crippen LogP contribution in [-0.2, 0) is 4.79 Å². The number of benzene rings is 1. The SMILES string of the molecule is CCC(NC(=O)CC1CSCCN1)c1ccc(OC)cc1.Cl. The second-order valence-electron chi connectivity index (χ2n) is 5.23. The molecule has 2 N–H and O–H groups in total. The Bertz CT molecular complexity index is 450. The number of methoxy groups -OCH3 is 1. The van der Waals surface area contributed by atoms with Gasteiger partial charge in [0.2, 0.25) is 5.91 Å². The number of halogens is 1. The summed E-state index contributed by atoms with van der Waals surface area (Å²) in [7, 11) is 1.66. The number of carbonyl (C=O) groups is 1. The zero-order valence-electron chi connectivity index (χ0n) is 13.1. The van der Waals surface area contributed by atoms with Crippen LogP contribution in [0.2, 0.25) is 0 Å². The minimum Gasteiger partial charge on any atom is -0.497 e. The summed E-state index contributed by atoms with van der Waals surface area (Å²) in [5, 5.41) is 6.54. The summed E-state index contributed by atoms with van der Waals surface area (Å²) < 4.78 is 5.17. The smallest absolute Gasteiger partial charge is 0.222 e. The maximum Gasteiger partial charge on any atom is 0.222 e.